The largest absolute Gasteiger partial charge is 0.325 e. The van der Waals surface area contributed by atoms with Crippen LogP contribution in [-0.2, 0) is 6.54 Å². The van der Waals surface area contributed by atoms with Gasteiger partial charge in [-0.05, 0) is 48.7 Å². The predicted molar refractivity (Wildman–Crippen MR) is 86.4 cm³/mol. The van der Waals surface area contributed by atoms with Crippen molar-refractivity contribution in [3.63, 3.8) is 0 Å². The van der Waals surface area contributed by atoms with E-state index in [2.05, 4.69) is 10.3 Å². The first kappa shape index (κ1) is 14.7. The van der Waals surface area contributed by atoms with Crippen molar-refractivity contribution in [2.75, 3.05) is 6.26 Å². The number of halogens is 1. The molecular weight excluding hydrogens is 299 g/mol. The van der Waals surface area contributed by atoms with Gasteiger partial charge < -0.3 is 5.73 Å². The summed E-state index contributed by atoms with van der Waals surface area (Å²) in [4.78, 5) is 1.13. The van der Waals surface area contributed by atoms with Crippen LogP contribution in [-0.4, -0.2) is 21.2 Å². The molecule has 1 aromatic heterocycles. The maximum atomic E-state index is 13.2. The molecule has 22 heavy (non-hydrogen) atoms. The molecule has 6 heteroatoms. The molecule has 3 rings (SSSR count). The standard InChI is InChI=1S/C16H15FN4S/c1-22-14-4-2-3-13(9-14)21-16(15(10-18)19-20-21)11-5-7-12(17)8-6-11/h2-9H,10,18H2,1H3. The highest BCUT2D eigenvalue weighted by Crippen LogP contribution is 2.27. The topological polar surface area (TPSA) is 56.7 Å². The highest BCUT2D eigenvalue weighted by atomic mass is 32.2. The Hall–Kier alpha value is -2.18. The lowest BCUT2D eigenvalue weighted by Gasteiger charge is -2.09. The van der Waals surface area contributed by atoms with Crippen molar-refractivity contribution < 1.29 is 4.39 Å². The van der Waals surface area contributed by atoms with Crippen molar-refractivity contribution in [1.82, 2.24) is 15.0 Å². The lowest BCUT2D eigenvalue weighted by Crippen LogP contribution is -2.02. The van der Waals surface area contributed by atoms with Crippen molar-refractivity contribution in [2.45, 2.75) is 11.4 Å². The maximum Gasteiger partial charge on any atom is 0.123 e. The number of hydrogen-bond acceptors (Lipinski definition) is 4. The number of nitrogens with two attached hydrogens (primary N) is 1. The van der Waals surface area contributed by atoms with Gasteiger partial charge in [0.2, 0.25) is 0 Å². The molecule has 3 aromatic rings. The van der Waals surface area contributed by atoms with Gasteiger partial charge in [0.1, 0.15) is 11.5 Å². The van der Waals surface area contributed by atoms with E-state index in [-0.39, 0.29) is 12.4 Å². The van der Waals surface area contributed by atoms with Crippen LogP contribution in [0.15, 0.2) is 53.4 Å². The SMILES string of the molecule is CSc1cccc(-n2nnc(CN)c2-c2ccc(F)cc2)c1. The third-order valence-electron chi connectivity index (χ3n) is 3.35. The molecule has 0 radical (unpaired) electrons. The summed E-state index contributed by atoms with van der Waals surface area (Å²) in [5, 5.41) is 8.37. The number of benzene rings is 2. The number of aromatic nitrogens is 3. The number of rotatable bonds is 4. The van der Waals surface area contributed by atoms with Gasteiger partial charge >= 0.3 is 0 Å². The molecule has 2 N–H and O–H groups in total. The summed E-state index contributed by atoms with van der Waals surface area (Å²) in [5.74, 6) is -0.276. The quantitative estimate of drug-likeness (QED) is 0.751. The number of hydrogen-bond donors (Lipinski definition) is 1. The second-order valence-electron chi connectivity index (χ2n) is 4.71. The fourth-order valence-electron chi connectivity index (χ4n) is 2.27. The van der Waals surface area contributed by atoms with E-state index in [1.165, 1.54) is 12.1 Å². The molecule has 0 atom stereocenters. The Bertz CT molecular complexity index is 783. The summed E-state index contributed by atoms with van der Waals surface area (Å²) >= 11 is 1.66. The Morgan fingerprint density at radius 2 is 1.95 bits per heavy atom. The Balaban J connectivity index is 2.16. The van der Waals surface area contributed by atoms with E-state index >= 15 is 0 Å². The number of nitrogens with zero attached hydrogens (tertiary/aromatic N) is 3. The van der Waals surface area contributed by atoms with E-state index in [1.807, 2.05) is 30.5 Å². The van der Waals surface area contributed by atoms with Crippen LogP contribution in [0.5, 0.6) is 0 Å². The number of thioether (sulfide) groups is 1. The van der Waals surface area contributed by atoms with Crippen molar-refractivity contribution in [2.24, 2.45) is 5.73 Å². The molecule has 1 heterocycles. The van der Waals surface area contributed by atoms with E-state index < -0.39 is 0 Å². The smallest absolute Gasteiger partial charge is 0.123 e. The average Bonchev–Trinajstić information content (AvgIpc) is 2.99. The predicted octanol–water partition coefficient (Wildman–Crippen LogP) is 3.25. The molecule has 0 aliphatic rings. The van der Waals surface area contributed by atoms with Gasteiger partial charge in [0.25, 0.3) is 0 Å². The fraction of sp³-hybridized carbons (Fsp3) is 0.125. The summed E-state index contributed by atoms with van der Waals surface area (Å²) in [6.07, 6.45) is 2.02. The fourth-order valence-corrected chi connectivity index (χ4v) is 2.72. The third-order valence-corrected chi connectivity index (χ3v) is 4.07. The molecule has 0 aliphatic heterocycles. The lowest BCUT2D eigenvalue weighted by molar-refractivity contribution is 0.628. The van der Waals surface area contributed by atoms with E-state index in [0.29, 0.717) is 5.69 Å². The summed E-state index contributed by atoms with van der Waals surface area (Å²) in [6.45, 7) is 0.273. The first-order chi connectivity index (χ1) is 10.7. The minimum Gasteiger partial charge on any atom is -0.325 e. The zero-order valence-corrected chi connectivity index (χ0v) is 12.8. The van der Waals surface area contributed by atoms with Gasteiger partial charge in [0, 0.05) is 17.0 Å². The molecule has 0 unspecified atom stereocenters. The molecule has 0 bridgehead atoms. The van der Waals surface area contributed by atoms with Crippen LogP contribution in [0.1, 0.15) is 5.69 Å². The normalized spacial score (nSPS) is 10.9. The molecule has 0 fully saturated rings. The molecule has 0 aliphatic carbocycles. The van der Waals surface area contributed by atoms with Gasteiger partial charge in [-0.3, -0.25) is 0 Å². The van der Waals surface area contributed by atoms with Gasteiger partial charge in [-0.1, -0.05) is 11.3 Å². The molecule has 0 saturated carbocycles. The van der Waals surface area contributed by atoms with Crippen molar-refractivity contribution in [3.05, 3.63) is 60.0 Å². The molecule has 0 saturated heterocycles. The van der Waals surface area contributed by atoms with Crippen LogP contribution < -0.4 is 5.73 Å². The monoisotopic (exact) mass is 314 g/mol. The summed E-state index contributed by atoms with van der Waals surface area (Å²) in [7, 11) is 0. The lowest BCUT2D eigenvalue weighted by atomic mass is 10.1. The highest BCUT2D eigenvalue weighted by Gasteiger charge is 2.15. The van der Waals surface area contributed by atoms with Crippen molar-refractivity contribution >= 4 is 11.8 Å². The zero-order chi connectivity index (χ0) is 15.5. The highest BCUT2D eigenvalue weighted by molar-refractivity contribution is 7.98. The summed E-state index contributed by atoms with van der Waals surface area (Å²) in [5.41, 5.74) is 8.98. The Morgan fingerprint density at radius 1 is 1.18 bits per heavy atom. The maximum absolute atomic E-state index is 13.2. The summed E-state index contributed by atoms with van der Waals surface area (Å²) in [6, 6.07) is 14.3. The van der Waals surface area contributed by atoms with Gasteiger partial charge in [-0.2, -0.15) is 0 Å². The first-order valence-corrected chi connectivity index (χ1v) is 8.00. The van der Waals surface area contributed by atoms with E-state index in [1.54, 1.807) is 28.6 Å². The van der Waals surface area contributed by atoms with Gasteiger partial charge in [-0.15, -0.1) is 16.9 Å². The molecule has 0 amide bonds. The molecule has 4 nitrogen and oxygen atoms in total. The van der Waals surface area contributed by atoms with E-state index in [4.69, 9.17) is 5.73 Å². The van der Waals surface area contributed by atoms with Crippen molar-refractivity contribution in [1.29, 1.82) is 0 Å². The van der Waals surface area contributed by atoms with E-state index in [9.17, 15) is 4.39 Å². The third kappa shape index (κ3) is 2.75. The zero-order valence-electron chi connectivity index (χ0n) is 12.0. The molecule has 112 valence electrons. The van der Waals surface area contributed by atoms with Crippen LogP contribution in [0.25, 0.3) is 16.9 Å². The minimum absolute atomic E-state index is 0.273. The second kappa shape index (κ2) is 6.29. The van der Waals surface area contributed by atoms with Crippen LogP contribution in [0.4, 0.5) is 4.39 Å². The average molecular weight is 314 g/mol. The Kier molecular flexibility index (Phi) is 4.22. The van der Waals surface area contributed by atoms with Gasteiger partial charge in [0.15, 0.2) is 0 Å². The van der Waals surface area contributed by atoms with E-state index in [0.717, 1.165) is 21.8 Å². The van der Waals surface area contributed by atoms with Crippen LogP contribution in [0, 0.1) is 5.82 Å². The van der Waals surface area contributed by atoms with Crippen LogP contribution >= 0.6 is 11.8 Å². The molecule has 2 aromatic carbocycles. The van der Waals surface area contributed by atoms with Crippen LogP contribution in [0.3, 0.4) is 0 Å². The molecule has 0 spiro atoms. The summed E-state index contributed by atoms with van der Waals surface area (Å²) < 4.78 is 14.9. The Morgan fingerprint density at radius 3 is 2.64 bits per heavy atom. The molecular formula is C16H15FN4S. The first-order valence-electron chi connectivity index (χ1n) is 6.78. The van der Waals surface area contributed by atoms with Gasteiger partial charge in [0.05, 0.1) is 11.4 Å². The van der Waals surface area contributed by atoms with Crippen molar-refractivity contribution in [3.8, 4) is 16.9 Å². The van der Waals surface area contributed by atoms with Gasteiger partial charge in [-0.25, -0.2) is 9.07 Å². The minimum atomic E-state index is -0.276. The Labute approximate surface area is 132 Å². The second-order valence-corrected chi connectivity index (χ2v) is 5.59. The van der Waals surface area contributed by atoms with Crippen LogP contribution in [0.2, 0.25) is 0 Å².